The molecule has 90 valence electrons. The van der Waals surface area contributed by atoms with Gasteiger partial charge in [-0.2, -0.15) is 0 Å². The molecular formula is C15H24O. The summed E-state index contributed by atoms with van der Waals surface area (Å²) in [6, 6.07) is 8.42. The predicted octanol–water partition coefficient (Wildman–Crippen LogP) is 4.45. The molecule has 2 atom stereocenters. The van der Waals surface area contributed by atoms with Gasteiger partial charge < -0.3 is 4.74 Å². The van der Waals surface area contributed by atoms with Gasteiger partial charge in [0.25, 0.3) is 0 Å². The summed E-state index contributed by atoms with van der Waals surface area (Å²) in [5.41, 5.74) is 1.38. The SMILES string of the molecule is CC.CC[C@H]1Cc2ccccc2O[C@@H]1CC. The topological polar surface area (TPSA) is 9.23 Å². The van der Waals surface area contributed by atoms with E-state index in [4.69, 9.17) is 4.74 Å². The number of ether oxygens (including phenoxy) is 1. The minimum atomic E-state index is 0.426. The van der Waals surface area contributed by atoms with Crippen molar-refractivity contribution in [1.82, 2.24) is 0 Å². The lowest BCUT2D eigenvalue weighted by Gasteiger charge is -2.32. The number of hydrogen-bond donors (Lipinski definition) is 0. The zero-order chi connectivity index (χ0) is 12.0. The predicted molar refractivity (Wildman–Crippen MR) is 70.0 cm³/mol. The molecule has 0 saturated heterocycles. The molecule has 0 radical (unpaired) electrons. The Morgan fingerprint density at radius 1 is 1.12 bits per heavy atom. The Bertz CT molecular complexity index is 275. The van der Waals surface area contributed by atoms with Crippen molar-refractivity contribution in [2.75, 3.05) is 0 Å². The van der Waals surface area contributed by atoms with Gasteiger partial charge in [0.05, 0.1) is 0 Å². The van der Waals surface area contributed by atoms with Crippen molar-refractivity contribution in [1.29, 1.82) is 0 Å². The highest BCUT2D eigenvalue weighted by Crippen LogP contribution is 2.33. The summed E-state index contributed by atoms with van der Waals surface area (Å²) in [4.78, 5) is 0. The summed E-state index contributed by atoms with van der Waals surface area (Å²) in [5, 5.41) is 0. The van der Waals surface area contributed by atoms with Gasteiger partial charge in [-0.15, -0.1) is 0 Å². The molecule has 1 aliphatic rings. The summed E-state index contributed by atoms with van der Waals surface area (Å²) in [6.45, 7) is 8.46. The van der Waals surface area contributed by atoms with Crippen LogP contribution in [0.25, 0.3) is 0 Å². The Balaban J connectivity index is 0.000000606. The van der Waals surface area contributed by atoms with E-state index in [0.29, 0.717) is 12.0 Å². The standard InChI is InChI=1S/C13H18O.C2H6/c1-3-10-9-11-7-5-6-8-13(11)14-12(10)4-2;1-2/h5-8,10,12H,3-4,9H2,1-2H3;1-2H3/t10-,12+;/m0./s1. The maximum atomic E-state index is 5.98. The number of benzene rings is 1. The third kappa shape index (κ3) is 2.78. The van der Waals surface area contributed by atoms with Gasteiger partial charge >= 0.3 is 0 Å². The van der Waals surface area contributed by atoms with Crippen LogP contribution in [0.1, 0.15) is 46.1 Å². The molecule has 2 rings (SSSR count). The molecule has 1 aromatic rings. The van der Waals surface area contributed by atoms with Crippen molar-refractivity contribution in [3.05, 3.63) is 29.8 Å². The summed E-state index contributed by atoms with van der Waals surface area (Å²) in [7, 11) is 0. The maximum Gasteiger partial charge on any atom is 0.122 e. The van der Waals surface area contributed by atoms with Crippen LogP contribution in [0.4, 0.5) is 0 Å². The molecule has 0 N–H and O–H groups in total. The second kappa shape index (κ2) is 6.57. The highest BCUT2D eigenvalue weighted by molar-refractivity contribution is 5.35. The van der Waals surface area contributed by atoms with Crippen LogP contribution >= 0.6 is 0 Å². The summed E-state index contributed by atoms with van der Waals surface area (Å²) in [6.07, 6.45) is 3.94. The third-order valence-corrected chi connectivity index (χ3v) is 3.19. The first-order chi connectivity index (χ1) is 7.85. The van der Waals surface area contributed by atoms with Crippen LogP contribution in [0.3, 0.4) is 0 Å². The minimum absolute atomic E-state index is 0.426. The van der Waals surface area contributed by atoms with E-state index < -0.39 is 0 Å². The van der Waals surface area contributed by atoms with Gasteiger partial charge in [-0.05, 0) is 36.8 Å². The fourth-order valence-electron chi connectivity index (χ4n) is 2.28. The zero-order valence-electron chi connectivity index (χ0n) is 11.0. The van der Waals surface area contributed by atoms with Crippen LogP contribution in [0.5, 0.6) is 5.75 Å². The molecule has 0 saturated carbocycles. The van der Waals surface area contributed by atoms with Crippen LogP contribution in [0.15, 0.2) is 24.3 Å². The lowest BCUT2D eigenvalue weighted by molar-refractivity contribution is 0.106. The molecule has 0 aromatic heterocycles. The van der Waals surface area contributed by atoms with E-state index in [-0.39, 0.29) is 0 Å². The molecule has 0 unspecified atom stereocenters. The van der Waals surface area contributed by atoms with Crippen LogP contribution in [-0.4, -0.2) is 6.10 Å². The highest BCUT2D eigenvalue weighted by atomic mass is 16.5. The Morgan fingerprint density at radius 2 is 1.81 bits per heavy atom. The van der Waals surface area contributed by atoms with E-state index in [2.05, 4.69) is 38.1 Å². The molecule has 1 aromatic carbocycles. The van der Waals surface area contributed by atoms with Crippen molar-refractivity contribution >= 4 is 0 Å². The minimum Gasteiger partial charge on any atom is -0.490 e. The van der Waals surface area contributed by atoms with Gasteiger partial charge in [0, 0.05) is 0 Å². The van der Waals surface area contributed by atoms with Gasteiger partial charge in [0.15, 0.2) is 0 Å². The molecule has 0 amide bonds. The van der Waals surface area contributed by atoms with Gasteiger partial charge in [-0.25, -0.2) is 0 Å². The zero-order valence-corrected chi connectivity index (χ0v) is 11.0. The Hall–Kier alpha value is -0.980. The van der Waals surface area contributed by atoms with E-state index in [9.17, 15) is 0 Å². The number of fused-ring (bicyclic) bond motifs is 1. The second-order valence-electron chi connectivity index (χ2n) is 4.04. The second-order valence-corrected chi connectivity index (χ2v) is 4.04. The smallest absolute Gasteiger partial charge is 0.122 e. The fraction of sp³-hybridized carbons (Fsp3) is 0.600. The van der Waals surface area contributed by atoms with Crippen molar-refractivity contribution in [3.63, 3.8) is 0 Å². The first kappa shape index (κ1) is 13.1. The largest absolute Gasteiger partial charge is 0.490 e. The van der Waals surface area contributed by atoms with E-state index in [1.165, 1.54) is 18.4 Å². The van der Waals surface area contributed by atoms with E-state index in [0.717, 1.165) is 12.2 Å². The molecule has 0 aliphatic carbocycles. The van der Waals surface area contributed by atoms with Gasteiger partial charge in [-0.3, -0.25) is 0 Å². The average Bonchev–Trinajstić information content (AvgIpc) is 2.39. The first-order valence-electron chi connectivity index (χ1n) is 6.59. The summed E-state index contributed by atoms with van der Waals surface area (Å²) >= 11 is 0. The monoisotopic (exact) mass is 220 g/mol. The first-order valence-corrected chi connectivity index (χ1v) is 6.59. The van der Waals surface area contributed by atoms with Gasteiger partial charge in [0.1, 0.15) is 11.9 Å². The average molecular weight is 220 g/mol. The molecule has 1 nitrogen and oxygen atoms in total. The Labute approximate surface area is 99.8 Å². The van der Waals surface area contributed by atoms with Crippen molar-refractivity contribution in [2.24, 2.45) is 5.92 Å². The normalized spacial score (nSPS) is 22.5. The van der Waals surface area contributed by atoms with Crippen molar-refractivity contribution in [2.45, 2.75) is 53.1 Å². The maximum absolute atomic E-state index is 5.98. The summed E-state index contributed by atoms with van der Waals surface area (Å²) in [5.74, 6) is 1.80. The van der Waals surface area contributed by atoms with E-state index in [1.54, 1.807) is 0 Å². The van der Waals surface area contributed by atoms with Crippen molar-refractivity contribution in [3.8, 4) is 5.75 Å². The molecule has 1 heterocycles. The van der Waals surface area contributed by atoms with Crippen LogP contribution in [-0.2, 0) is 6.42 Å². The molecule has 0 fully saturated rings. The van der Waals surface area contributed by atoms with E-state index in [1.807, 2.05) is 13.8 Å². The van der Waals surface area contributed by atoms with E-state index >= 15 is 0 Å². The molecule has 1 aliphatic heterocycles. The Morgan fingerprint density at radius 3 is 2.44 bits per heavy atom. The Kier molecular flexibility index (Phi) is 5.37. The molecule has 0 spiro atoms. The molecule has 0 bridgehead atoms. The quantitative estimate of drug-likeness (QED) is 0.715. The number of hydrogen-bond acceptors (Lipinski definition) is 1. The lowest BCUT2D eigenvalue weighted by Crippen LogP contribution is -2.31. The molecular weight excluding hydrogens is 196 g/mol. The van der Waals surface area contributed by atoms with Gasteiger partial charge in [0.2, 0.25) is 0 Å². The number of para-hydroxylation sites is 1. The molecule has 1 heteroatoms. The molecule has 16 heavy (non-hydrogen) atoms. The van der Waals surface area contributed by atoms with Gasteiger partial charge in [-0.1, -0.05) is 45.9 Å². The highest BCUT2D eigenvalue weighted by Gasteiger charge is 2.26. The van der Waals surface area contributed by atoms with Crippen molar-refractivity contribution < 1.29 is 4.74 Å². The van der Waals surface area contributed by atoms with Crippen LogP contribution in [0.2, 0.25) is 0 Å². The third-order valence-electron chi connectivity index (χ3n) is 3.19. The summed E-state index contributed by atoms with van der Waals surface area (Å²) < 4.78 is 5.98. The number of rotatable bonds is 2. The lowest BCUT2D eigenvalue weighted by atomic mass is 9.87. The van der Waals surface area contributed by atoms with Crippen LogP contribution < -0.4 is 4.74 Å². The van der Waals surface area contributed by atoms with Crippen LogP contribution in [0, 0.1) is 5.92 Å². The fourth-order valence-corrected chi connectivity index (χ4v) is 2.28.